The van der Waals surface area contributed by atoms with Gasteiger partial charge in [-0.25, -0.2) is 8.42 Å². The summed E-state index contributed by atoms with van der Waals surface area (Å²) in [4.78, 5) is 29.3. The Balaban J connectivity index is 1.71. The normalized spacial score (nSPS) is 12.5. The van der Waals surface area contributed by atoms with E-state index in [1.165, 1.54) is 17.0 Å². The molecule has 2 amide bonds. The molecule has 4 rings (SSSR count). The maximum Gasteiger partial charge on any atom is 0.264 e. The van der Waals surface area contributed by atoms with Crippen LogP contribution >= 0.6 is 0 Å². The van der Waals surface area contributed by atoms with Gasteiger partial charge in [-0.1, -0.05) is 80.1 Å². The third-order valence-electron chi connectivity index (χ3n) is 7.54. The minimum Gasteiger partial charge on any atom is -0.457 e. The van der Waals surface area contributed by atoms with E-state index < -0.39 is 28.5 Å². The van der Waals surface area contributed by atoms with Crippen LogP contribution in [-0.2, 0) is 26.2 Å². The molecule has 4 aromatic carbocycles. The van der Waals surface area contributed by atoms with Gasteiger partial charge in [-0.2, -0.15) is 0 Å². The molecule has 0 bridgehead atoms. The van der Waals surface area contributed by atoms with Crippen LogP contribution < -0.4 is 14.4 Å². The number of anilines is 1. The van der Waals surface area contributed by atoms with E-state index >= 15 is 0 Å². The van der Waals surface area contributed by atoms with Crippen LogP contribution in [0.2, 0.25) is 0 Å². The lowest BCUT2D eigenvalue weighted by atomic mass is 10.1. The first-order valence-corrected chi connectivity index (χ1v) is 16.6. The van der Waals surface area contributed by atoms with Crippen molar-refractivity contribution in [2.24, 2.45) is 0 Å². The predicted molar refractivity (Wildman–Crippen MR) is 178 cm³/mol. The van der Waals surface area contributed by atoms with Gasteiger partial charge >= 0.3 is 0 Å². The Hall–Kier alpha value is -4.63. The Labute approximate surface area is 266 Å². The molecule has 1 N–H and O–H groups in total. The second-order valence-electron chi connectivity index (χ2n) is 11.0. The van der Waals surface area contributed by atoms with E-state index in [1.54, 1.807) is 42.5 Å². The van der Waals surface area contributed by atoms with Gasteiger partial charge < -0.3 is 15.0 Å². The molecule has 9 heteroatoms. The third-order valence-corrected chi connectivity index (χ3v) is 9.32. The topological polar surface area (TPSA) is 96.0 Å². The van der Waals surface area contributed by atoms with Gasteiger partial charge in [0.1, 0.15) is 24.1 Å². The number of hydrogen-bond donors (Lipinski definition) is 1. The number of aryl methyl sites for hydroxylation is 1. The zero-order chi connectivity index (χ0) is 32.4. The lowest BCUT2D eigenvalue weighted by molar-refractivity contribution is -0.140. The van der Waals surface area contributed by atoms with Crippen molar-refractivity contribution in [1.82, 2.24) is 10.2 Å². The van der Waals surface area contributed by atoms with Crippen molar-refractivity contribution in [3.63, 3.8) is 0 Å². The molecule has 0 saturated heterocycles. The standard InChI is InChI=1S/C36H41N3O5S/c1-5-28(4)37-36(41)34(6-2)38(25-29-15-13-14-27(3)24-29)35(40)26-39(45(42,43)33-18-11-8-12-19-33)30-20-22-32(23-21-30)44-31-16-9-7-10-17-31/h7-24,28,34H,5-6,25-26H2,1-4H3,(H,37,41). The zero-order valence-corrected chi connectivity index (χ0v) is 27.0. The number of nitrogens with one attached hydrogen (secondary N) is 1. The van der Waals surface area contributed by atoms with Crippen LogP contribution in [0.3, 0.4) is 0 Å². The highest BCUT2D eigenvalue weighted by Crippen LogP contribution is 2.28. The largest absolute Gasteiger partial charge is 0.457 e. The fourth-order valence-electron chi connectivity index (χ4n) is 4.92. The predicted octanol–water partition coefficient (Wildman–Crippen LogP) is 6.70. The number of hydrogen-bond acceptors (Lipinski definition) is 5. The zero-order valence-electron chi connectivity index (χ0n) is 26.2. The number of ether oxygens (including phenoxy) is 1. The third kappa shape index (κ3) is 8.73. The van der Waals surface area contributed by atoms with Crippen molar-refractivity contribution in [2.75, 3.05) is 10.8 Å². The summed E-state index contributed by atoms with van der Waals surface area (Å²) >= 11 is 0. The lowest BCUT2D eigenvalue weighted by Crippen LogP contribution is -2.53. The first-order valence-electron chi connectivity index (χ1n) is 15.2. The van der Waals surface area contributed by atoms with Crippen molar-refractivity contribution in [3.05, 3.63) is 120 Å². The molecule has 2 atom stereocenters. The summed E-state index contributed by atoms with van der Waals surface area (Å²) in [5.74, 6) is 0.393. The number of carbonyl (C=O) groups excluding carboxylic acids is 2. The molecule has 0 aliphatic rings. The van der Waals surface area contributed by atoms with Crippen LogP contribution in [0.15, 0.2) is 114 Å². The van der Waals surface area contributed by atoms with Crippen molar-refractivity contribution in [2.45, 2.75) is 64.1 Å². The van der Waals surface area contributed by atoms with Gasteiger partial charge in [0.2, 0.25) is 11.8 Å². The summed E-state index contributed by atoms with van der Waals surface area (Å²) in [5.41, 5.74) is 2.15. The lowest BCUT2D eigenvalue weighted by Gasteiger charge is -2.33. The minimum atomic E-state index is -4.17. The van der Waals surface area contributed by atoms with Gasteiger partial charge in [0.25, 0.3) is 10.0 Å². The minimum absolute atomic E-state index is 0.0502. The van der Waals surface area contributed by atoms with E-state index in [-0.39, 0.29) is 23.4 Å². The number of carbonyl (C=O) groups is 2. The number of rotatable bonds is 14. The number of benzene rings is 4. The van der Waals surface area contributed by atoms with Gasteiger partial charge in [0.15, 0.2) is 0 Å². The van der Waals surface area contributed by atoms with E-state index in [1.807, 2.05) is 82.3 Å². The monoisotopic (exact) mass is 627 g/mol. The van der Waals surface area contributed by atoms with E-state index in [4.69, 9.17) is 4.74 Å². The van der Waals surface area contributed by atoms with Gasteiger partial charge in [0, 0.05) is 12.6 Å². The highest BCUT2D eigenvalue weighted by Gasteiger charge is 2.34. The molecule has 0 fully saturated rings. The molecule has 0 saturated carbocycles. The Morgan fingerprint density at radius 3 is 2.02 bits per heavy atom. The van der Waals surface area contributed by atoms with Crippen molar-refractivity contribution >= 4 is 27.5 Å². The Morgan fingerprint density at radius 2 is 1.42 bits per heavy atom. The van der Waals surface area contributed by atoms with Gasteiger partial charge in [-0.15, -0.1) is 0 Å². The number of amides is 2. The highest BCUT2D eigenvalue weighted by molar-refractivity contribution is 7.92. The molecule has 45 heavy (non-hydrogen) atoms. The average molecular weight is 628 g/mol. The van der Waals surface area contributed by atoms with Crippen LogP contribution in [-0.4, -0.2) is 43.8 Å². The van der Waals surface area contributed by atoms with E-state index in [9.17, 15) is 18.0 Å². The first-order chi connectivity index (χ1) is 21.6. The molecule has 4 aromatic rings. The number of para-hydroxylation sites is 1. The molecule has 236 valence electrons. The van der Waals surface area contributed by atoms with Crippen LogP contribution in [0.1, 0.15) is 44.7 Å². The highest BCUT2D eigenvalue weighted by atomic mass is 32.2. The first kappa shape index (κ1) is 33.3. The summed E-state index contributed by atoms with van der Waals surface area (Å²) in [7, 11) is -4.17. The smallest absolute Gasteiger partial charge is 0.264 e. The van der Waals surface area contributed by atoms with Crippen LogP contribution in [0.25, 0.3) is 0 Å². The molecule has 8 nitrogen and oxygen atoms in total. The van der Waals surface area contributed by atoms with Crippen LogP contribution in [0.4, 0.5) is 5.69 Å². The summed E-state index contributed by atoms with van der Waals surface area (Å²) in [6.45, 7) is 7.34. The second-order valence-corrected chi connectivity index (χ2v) is 12.8. The molecular formula is C36H41N3O5S. The molecule has 0 spiro atoms. The quantitative estimate of drug-likeness (QED) is 0.168. The average Bonchev–Trinajstić information content (AvgIpc) is 3.04. The van der Waals surface area contributed by atoms with E-state index in [2.05, 4.69) is 5.32 Å². The number of sulfonamides is 1. The molecule has 0 radical (unpaired) electrons. The Morgan fingerprint density at radius 1 is 0.800 bits per heavy atom. The maximum atomic E-state index is 14.3. The van der Waals surface area contributed by atoms with Crippen molar-refractivity contribution < 1.29 is 22.7 Å². The van der Waals surface area contributed by atoms with Crippen LogP contribution in [0, 0.1) is 6.92 Å². The van der Waals surface area contributed by atoms with Crippen molar-refractivity contribution in [3.8, 4) is 11.5 Å². The summed E-state index contributed by atoms with van der Waals surface area (Å²) in [5, 5.41) is 3.00. The molecule has 0 aliphatic carbocycles. The molecule has 0 heterocycles. The molecule has 0 aliphatic heterocycles. The number of nitrogens with zero attached hydrogens (tertiary/aromatic N) is 2. The van der Waals surface area contributed by atoms with Gasteiger partial charge in [0.05, 0.1) is 10.6 Å². The van der Waals surface area contributed by atoms with Gasteiger partial charge in [-0.05, 0) is 80.8 Å². The van der Waals surface area contributed by atoms with Crippen LogP contribution in [0.5, 0.6) is 11.5 Å². The summed E-state index contributed by atoms with van der Waals surface area (Å²) < 4.78 is 35.1. The second kappa shape index (κ2) is 15.4. The fraction of sp³-hybridized carbons (Fsp3) is 0.278. The Bertz CT molecular complexity index is 1660. The van der Waals surface area contributed by atoms with E-state index in [0.717, 1.165) is 21.9 Å². The molecular weight excluding hydrogens is 586 g/mol. The summed E-state index contributed by atoms with van der Waals surface area (Å²) in [6.07, 6.45) is 1.10. The molecule has 2 unspecified atom stereocenters. The molecule has 0 aromatic heterocycles. The fourth-order valence-corrected chi connectivity index (χ4v) is 6.36. The SMILES string of the molecule is CCC(C)NC(=O)C(CC)N(Cc1cccc(C)c1)C(=O)CN(c1ccc(Oc2ccccc2)cc1)S(=O)(=O)c1ccccc1. The summed E-state index contributed by atoms with van der Waals surface area (Å²) in [6, 6.07) is 30.7. The van der Waals surface area contributed by atoms with E-state index in [0.29, 0.717) is 23.6 Å². The Kier molecular flexibility index (Phi) is 11.4. The maximum absolute atomic E-state index is 14.3. The van der Waals surface area contributed by atoms with Crippen molar-refractivity contribution in [1.29, 1.82) is 0 Å². The van der Waals surface area contributed by atoms with Gasteiger partial charge in [-0.3, -0.25) is 13.9 Å².